The highest BCUT2D eigenvalue weighted by atomic mass is 35.5. The third-order valence-electron chi connectivity index (χ3n) is 3.84. The number of hydrogen-bond acceptors (Lipinski definition) is 4. The van der Waals surface area contributed by atoms with Crippen molar-refractivity contribution in [1.29, 1.82) is 0 Å². The lowest BCUT2D eigenvalue weighted by molar-refractivity contribution is 0.344. The van der Waals surface area contributed by atoms with Crippen LogP contribution in [-0.2, 0) is 0 Å². The van der Waals surface area contributed by atoms with E-state index in [1.807, 2.05) is 0 Å². The zero-order chi connectivity index (χ0) is 10.8. The molecule has 2 heterocycles. The van der Waals surface area contributed by atoms with Gasteiger partial charge in [0, 0.05) is 12.5 Å². The maximum atomic E-state index is 5.40. The summed E-state index contributed by atoms with van der Waals surface area (Å²) in [5.41, 5.74) is 0. The average molecular weight is 258 g/mol. The van der Waals surface area contributed by atoms with E-state index in [9.17, 15) is 0 Å². The van der Waals surface area contributed by atoms with Crippen LogP contribution in [0.4, 0.5) is 0 Å². The Morgan fingerprint density at radius 2 is 1.88 bits per heavy atom. The van der Waals surface area contributed by atoms with E-state index in [1.165, 1.54) is 32.1 Å². The molecule has 1 aliphatic carbocycles. The summed E-state index contributed by atoms with van der Waals surface area (Å²) in [4.78, 5) is 4.60. The van der Waals surface area contributed by atoms with Crippen molar-refractivity contribution < 1.29 is 4.52 Å². The fourth-order valence-electron chi connectivity index (χ4n) is 2.81. The second-order valence-electron chi connectivity index (χ2n) is 5.02. The highest BCUT2D eigenvalue weighted by Crippen LogP contribution is 2.32. The normalized spacial score (nSPS) is 25.8. The van der Waals surface area contributed by atoms with Gasteiger partial charge in [-0.25, -0.2) is 0 Å². The summed E-state index contributed by atoms with van der Waals surface area (Å²) in [6.07, 6.45) is 7.61. The first-order chi connectivity index (χ1) is 7.93. The van der Waals surface area contributed by atoms with E-state index in [4.69, 9.17) is 4.52 Å². The van der Waals surface area contributed by atoms with E-state index < -0.39 is 0 Å². The first-order valence-corrected chi connectivity index (χ1v) is 6.47. The monoisotopic (exact) mass is 257 g/mol. The van der Waals surface area contributed by atoms with Gasteiger partial charge >= 0.3 is 0 Å². The highest BCUT2D eigenvalue weighted by molar-refractivity contribution is 5.85. The largest absolute Gasteiger partial charge is 0.339 e. The van der Waals surface area contributed by atoms with Gasteiger partial charge in [-0.15, -0.1) is 12.4 Å². The van der Waals surface area contributed by atoms with Gasteiger partial charge in [0.25, 0.3) is 0 Å². The lowest BCUT2D eigenvalue weighted by Gasteiger charge is -2.17. The van der Waals surface area contributed by atoms with Gasteiger partial charge < -0.3 is 9.84 Å². The van der Waals surface area contributed by atoms with Crippen molar-refractivity contribution in [2.24, 2.45) is 0 Å². The molecule has 5 heteroatoms. The third kappa shape index (κ3) is 2.80. The van der Waals surface area contributed by atoms with Crippen molar-refractivity contribution in [3.05, 3.63) is 11.7 Å². The van der Waals surface area contributed by atoms with Crippen molar-refractivity contribution >= 4 is 12.4 Å². The summed E-state index contributed by atoms with van der Waals surface area (Å²) in [5.74, 6) is 2.82. The smallest absolute Gasteiger partial charge is 0.231 e. The molecule has 17 heavy (non-hydrogen) atoms. The molecule has 1 saturated heterocycles. The lowest BCUT2D eigenvalue weighted by Crippen LogP contribution is -2.09. The molecule has 0 spiro atoms. The summed E-state index contributed by atoms with van der Waals surface area (Å²) in [6.45, 7) is 2.07. The van der Waals surface area contributed by atoms with E-state index in [-0.39, 0.29) is 12.4 Å². The third-order valence-corrected chi connectivity index (χ3v) is 3.84. The Labute approximate surface area is 108 Å². The molecule has 2 aliphatic rings. The molecular weight excluding hydrogens is 238 g/mol. The minimum atomic E-state index is 0. The van der Waals surface area contributed by atoms with Crippen LogP contribution < -0.4 is 5.32 Å². The molecule has 0 aromatic carbocycles. The number of nitrogens with one attached hydrogen (secondary N) is 1. The van der Waals surface area contributed by atoms with Gasteiger partial charge in [0.15, 0.2) is 5.82 Å². The average Bonchev–Trinajstić information content (AvgIpc) is 3.01. The summed E-state index contributed by atoms with van der Waals surface area (Å²) in [6, 6.07) is 0. The molecule has 0 amide bonds. The van der Waals surface area contributed by atoms with Crippen molar-refractivity contribution in [2.45, 2.75) is 50.4 Å². The van der Waals surface area contributed by atoms with Crippen molar-refractivity contribution in [2.75, 3.05) is 13.1 Å². The zero-order valence-corrected chi connectivity index (χ0v) is 10.8. The molecule has 1 aromatic rings. The number of hydrogen-bond donors (Lipinski definition) is 1. The zero-order valence-electron chi connectivity index (χ0n) is 10.0. The molecule has 1 N–H and O–H groups in total. The molecule has 4 nitrogen and oxygen atoms in total. The molecule has 0 bridgehead atoms. The Morgan fingerprint density at radius 3 is 2.59 bits per heavy atom. The van der Waals surface area contributed by atoms with Crippen LogP contribution in [0, 0.1) is 0 Å². The van der Waals surface area contributed by atoms with E-state index in [0.29, 0.717) is 11.8 Å². The molecule has 3 rings (SSSR count). The fourth-order valence-corrected chi connectivity index (χ4v) is 2.81. The van der Waals surface area contributed by atoms with Crippen LogP contribution in [0.3, 0.4) is 0 Å². The number of nitrogens with zero attached hydrogens (tertiary/aromatic N) is 2. The first kappa shape index (κ1) is 12.8. The molecular formula is C12H20ClN3O. The van der Waals surface area contributed by atoms with Gasteiger partial charge in [0.05, 0.1) is 5.92 Å². The minimum Gasteiger partial charge on any atom is -0.339 e. The van der Waals surface area contributed by atoms with Crippen LogP contribution in [0.25, 0.3) is 0 Å². The lowest BCUT2D eigenvalue weighted by atomic mass is 9.89. The molecule has 1 aliphatic heterocycles. The topological polar surface area (TPSA) is 51.0 Å². The van der Waals surface area contributed by atoms with Crippen LogP contribution >= 0.6 is 12.4 Å². The molecule has 1 aromatic heterocycles. The Morgan fingerprint density at radius 1 is 1.06 bits per heavy atom. The predicted molar refractivity (Wildman–Crippen MR) is 67.6 cm³/mol. The number of aromatic nitrogens is 2. The Balaban J connectivity index is 0.00000108. The maximum absolute atomic E-state index is 5.40. The van der Waals surface area contributed by atoms with Gasteiger partial charge in [0.1, 0.15) is 0 Å². The van der Waals surface area contributed by atoms with E-state index in [2.05, 4.69) is 15.5 Å². The van der Waals surface area contributed by atoms with Crippen molar-refractivity contribution in [3.63, 3.8) is 0 Å². The van der Waals surface area contributed by atoms with Gasteiger partial charge in [-0.05, 0) is 25.8 Å². The summed E-state index contributed by atoms with van der Waals surface area (Å²) in [7, 11) is 0. The Bertz CT molecular complexity index is 343. The quantitative estimate of drug-likeness (QED) is 0.885. The Kier molecular flexibility index (Phi) is 4.40. The number of halogens is 1. The van der Waals surface area contributed by atoms with Crippen LogP contribution in [0.5, 0.6) is 0 Å². The predicted octanol–water partition coefficient (Wildman–Crippen LogP) is 2.62. The standard InChI is InChI=1S/C12H19N3O.ClH/c1-2-4-9(5-3-1)11-14-12(16-15-11)10-6-7-13-8-10;/h9-10,13H,1-8H2;1H/t10-;/m0./s1. The van der Waals surface area contributed by atoms with Crippen LogP contribution in [0.15, 0.2) is 4.52 Å². The van der Waals surface area contributed by atoms with E-state index in [0.717, 1.165) is 31.2 Å². The maximum Gasteiger partial charge on any atom is 0.231 e. The molecule has 1 saturated carbocycles. The highest BCUT2D eigenvalue weighted by Gasteiger charge is 2.26. The van der Waals surface area contributed by atoms with Gasteiger partial charge in [0.2, 0.25) is 5.89 Å². The fraction of sp³-hybridized carbons (Fsp3) is 0.833. The van der Waals surface area contributed by atoms with E-state index in [1.54, 1.807) is 0 Å². The second-order valence-corrected chi connectivity index (χ2v) is 5.02. The minimum absolute atomic E-state index is 0. The van der Waals surface area contributed by atoms with Gasteiger partial charge in [-0.3, -0.25) is 0 Å². The SMILES string of the molecule is C1CCC(c2noc([C@H]3CCNC3)n2)CC1.Cl. The van der Waals surface area contributed by atoms with Gasteiger partial charge in [-0.1, -0.05) is 24.4 Å². The summed E-state index contributed by atoms with van der Waals surface area (Å²) in [5, 5.41) is 7.50. The van der Waals surface area contributed by atoms with Gasteiger partial charge in [-0.2, -0.15) is 4.98 Å². The van der Waals surface area contributed by atoms with Crippen molar-refractivity contribution in [1.82, 2.24) is 15.5 Å². The van der Waals surface area contributed by atoms with Crippen LogP contribution in [-0.4, -0.2) is 23.2 Å². The second kappa shape index (κ2) is 5.83. The van der Waals surface area contributed by atoms with Crippen LogP contribution in [0.2, 0.25) is 0 Å². The van der Waals surface area contributed by atoms with E-state index >= 15 is 0 Å². The molecule has 96 valence electrons. The Hall–Kier alpha value is -0.610. The summed E-state index contributed by atoms with van der Waals surface area (Å²) < 4.78 is 5.40. The van der Waals surface area contributed by atoms with Crippen LogP contribution in [0.1, 0.15) is 62.1 Å². The van der Waals surface area contributed by atoms with Crippen molar-refractivity contribution in [3.8, 4) is 0 Å². The summed E-state index contributed by atoms with van der Waals surface area (Å²) >= 11 is 0. The molecule has 1 atom stereocenters. The molecule has 0 unspecified atom stereocenters. The number of rotatable bonds is 2. The molecule has 2 fully saturated rings. The first-order valence-electron chi connectivity index (χ1n) is 6.47. The molecule has 0 radical (unpaired) electrons.